The number of aliphatic hydroxyl groups excluding tert-OH is 1. The van der Waals surface area contributed by atoms with E-state index < -0.39 is 0 Å². The molecule has 0 amide bonds. The molecule has 1 N–H and O–H groups in total. The zero-order valence-corrected chi connectivity index (χ0v) is 11.0. The summed E-state index contributed by atoms with van der Waals surface area (Å²) in [5, 5.41) is 8.63. The molecule has 0 aliphatic heterocycles. The minimum absolute atomic E-state index is 0.146. The van der Waals surface area contributed by atoms with E-state index in [2.05, 4.69) is 16.8 Å². The SMILES string of the molecule is OCC#Cc1cncc(OCOCc2ccccc2)c1. The predicted molar refractivity (Wildman–Crippen MR) is 74.9 cm³/mol. The molecule has 1 aromatic carbocycles. The first kappa shape index (κ1) is 14.1. The average Bonchev–Trinajstić information content (AvgIpc) is 2.51. The highest BCUT2D eigenvalue weighted by Crippen LogP contribution is 2.10. The molecule has 4 nitrogen and oxygen atoms in total. The molecule has 0 unspecified atom stereocenters. The highest BCUT2D eigenvalue weighted by atomic mass is 16.7. The first-order valence-electron chi connectivity index (χ1n) is 6.18. The average molecular weight is 269 g/mol. The highest BCUT2D eigenvalue weighted by Gasteiger charge is 1.97. The number of ether oxygens (including phenoxy) is 2. The number of hydrogen-bond donors (Lipinski definition) is 1. The van der Waals surface area contributed by atoms with Crippen molar-refractivity contribution >= 4 is 0 Å². The molecule has 0 fully saturated rings. The van der Waals surface area contributed by atoms with Crippen LogP contribution in [0.3, 0.4) is 0 Å². The molecule has 20 heavy (non-hydrogen) atoms. The van der Waals surface area contributed by atoms with Gasteiger partial charge in [0.05, 0.1) is 12.8 Å². The maximum absolute atomic E-state index is 8.63. The summed E-state index contributed by atoms with van der Waals surface area (Å²) in [6, 6.07) is 11.6. The van der Waals surface area contributed by atoms with E-state index in [1.54, 1.807) is 18.5 Å². The lowest BCUT2D eigenvalue weighted by molar-refractivity contribution is 0.00484. The van der Waals surface area contributed by atoms with Gasteiger partial charge < -0.3 is 14.6 Å². The molecule has 1 heterocycles. The van der Waals surface area contributed by atoms with Gasteiger partial charge in [-0.05, 0) is 11.6 Å². The molecular weight excluding hydrogens is 254 g/mol. The summed E-state index contributed by atoms with van der Waals surface area (Å²) in [5.41, 5.74) is 1.79. The third kappa shape index (κ3) is 4.73. The van der Waals surface area contributed by atoms with E-state index in [1.807, 2.05) is 30.3 Å². The van der Waals surface area contributed by atoms with Crippen molar-refractivity contribution in [3.8, 4) is 17.6 Å². The molecule has 0 spiro atoms. The third-order valence-electron chi connectivity index (χ3n) is 2.45. The molecule has 1 aromatic heterocycles. The van der Waals surface area contributed by atoms with Crippen LogP contribution in [0.15, 0.2) is 48.8 Å². The summed E-state index contributed by atoms with van der Waals surface area (Å²) in [7, 11) is 0. The van der Waals surface area contributed by atoms with Gasteiger partial charge in [0, 0.05) is 11.8 Å². The third-order valence-corrected chi connectivity index (χ3v) is 2.45. The van der Waals surface area contributed by atoms with Crippen molar-refractivity contribution in [1.82, 2.24) is 4.98 Å². The molecule has 0 saturated heterocycles. The Morgan fingerprint density at radius 2 is 2.00 bits per heavy atom. The van der Waals surface area contributed by atoms with Crippen LogP contribution >= 0.6 is 0 Å². The zero-order chi connectivity index (χ0) is 14.0. The van der Waals surface area contributed by atoms with Crippen LogP contribution in [0.2, 0.25) is 0 Å². The second-order valence-corrected chi connectivity index (χ2v) is 3.97. The Kier molecular flexibility index (Phi) is 5.59. The Bertz CT molecular complexity index is 587. The molecule has 0 saturated carbocycles. The summed E-state index contributed by atoms with van der Waals surface area (Å²) < 4.78 is 10.9. The van der Waals surface area contributed by atoms with Gasteiger partial charge in [-0.2, -0.15) is 0 Å². The molecule has 0 aliphatic carbocycles. The quantitative estimate of drug-likeness (QED) is 0.512. The van der Waals surface area contributed by atoms with Crippen LogP contribution in [0.1, 0.15) is 11.1 Å². The zero-order valence-electron chi connectivity index (χ0n) is 11.0. The van der Waals surface area contributed by atoms with Crippen molar-refractivity contribution < 1.29 is 14.6 Å². The monoisotopic (exact) mass is 269 g/mol. The van der Waals surface area contributed by atoms with E-state index in [9.17, 15) is 0 Å². The topological polar surface area (TPSA) is 51.6 Å². The molecule has 2 rings (SSSR count). The normalized spacial score (nSPS) is 9.65. The summed E-state index contributed by atoms with van der Waals surface area (Å²) in [6.07, 6.45) is 3.20. The van der Waals surface area contributed by atoms with E-state index in [0.29, 0.717) is 17.9 Å². The van der Waals surface area contributed by atoms with E-state index in [1.165, 1.54) is 0 Å². The maximum Gasteiger partial charge on any atom is 0.189 e. The van der Waals surface area contributed by atoms with E-state index in [0.717, 1.165) is 5.56 Å². The minimum Gasteiger partial charge on any atom is -0.466 e. The molecule has 102 valence electrons. The van der Waals surface area contributed by atoms with Gasteiger partial charge in [-0.25, -0.2) is 0 Å². The minimum atomic E-state index is -0.175. The van der Waals surface area contributed by atoms with Crippen LogP contribution in [0.4, 0.5) is 0 Å². The van der Waals surface area contributed by atoms with Gasteiger partial charge in [0.15, 0.2) is 6.79 Å². The molecule has 0 aliphatic rings. The summed E-state index contributed by atoms with van der Waals surface area (Å²) in [6.45, 7) is 0.469. The fourth-order valence-corrected chi connectivity index (χ4v) is 1.55. The lowest BCUT2D eigenvalue weighted by Crippen LogP contribution is -2.03. The lowest BCUT2D eigenvalue weighted by Gasteiger charge is -2.07. The Morgan fingerprint density at radius 1 is 1.15 bits per heavy atom. The molecular formula is C16H15NO3. The largest absolute Gasteiger partial charge is 0.466 e. The molecule has 0 radical (unpaired) electrons. The van der Waals surface area contributed by atoms with Gasteiger partial charge in [-0.3, -0.25) is 4.98 Å². The van der Waals surface area contributed by atoms with Gasteiger partial charge in [0.1, 0.15) is 12.4 Å². The second-order valence-electron chi connectivity index (χ2n) is 3.97. The van der Waals surface area contributed by atoms with E-state index in [4.69, 9.17) is 14.6 Å². The van der Waals surface area contributed by atoms with Crippen LogP contribution in [-0.2, 0) is 11.3 Å². The number of aliphatic hydroxyl groups is 1. The fraction of sp³-hybridized carbons (Fsp3) is 0.188. The number of nitrogens with zero attached hydrogens (tertiary/aromatic N) is 1. The highest BCUT2D eigenvalue weighted by molar-refractivity contribution is 5.36. The van der Waals surface area contributed by atoms with Crippen molar-refractivity contribution in [3.05, 3.63) is 59.9 Å². The predicted octanol–water partition coefficient (Wildman–Crippen LogP) is 1.98. The van der Waals surface area contributed by atoms with Gasteiger partial charge >= 0.3 is 0 Å². The van der Waals surface area contributed by atoms with Crippen molar-refractivity contribution in [2.75, 3.05) is 13.4 Å². The number of pyridine rings is 1. The molecule has 2 aromatic rings. The van der Waals surface area contributed by atoms with Crippen LogP contribution in [0, 0.1) is 11.8 Å². The van der Waals surface area contributed by atoms with Crippen molar-refractivity contribution in [2.45, 2.75) is 6.61 Å². The Hall–Kier alpha value is -2.35. The lowest BCUT2D eigenvalue weighted by atomic mass is 10.2. The van der Waals surface area contributed by atoms with E-state index >= 15 is 0 Å². The van der Waals surface area contributed by atoms with Crippen LogP contribution in [0.25, 0.3) is 0 Å². The first-order valence-corrected chi connectivity index (χ1v) is 6.18. The number of rotatable bonds is 5. The maximum atomic E-state index is 8.63. The summed E-state index contributed by atoms with van der Waals surface area (Å²) >= 11 is 0. The molecule has 0 atom stereocenters. The number of hydrogen-bond acceptors (Lipinski definition) is 4. The van der Waals surface area contributed by atoms with Crippen LogP contribution < -0.4 is 4.74 Å². The van der Waals surface area contributed by atoms with Gasteiger partial charge in [0.25, 0.3) is 0 Å². The standard InChI is InChI=1S/C16H15NO3/c18-8-4-7-15-9-16(11-17-10-15)20-13-19-12-14-5-2-1-3-6-14/h1-3,5-6,9-11,18H,8,12-13H2. The van der Waals surface area contributed by atoms with E-state index in [-0.39, 0.29) is 13.4 Å². The van der Waals surface area contributed by atoms with Crippen LogP contribution in [0.5, 0.6) is 5.75 Å². The fourth-order valence-electron chi connectivity index (χ4n) is 1.55. The molecule has 0 bridgehead atoms. The molecule has 4 heteroatoms. The number of benzene rings is 1. The first-order chi connectivity index (χ1) is 9.88. The van der Waals surface area contributed by atoms with Crippen molar-refractivity contribution in [1.29, 1.82) is 0 Å². The van der Waals surface area contributed by atoms with Gasteiger partial charge in [-0.15, -0.1) is 0 Å². The Labute approximate surface area is 118 Å². The second kappa shape index (κ2) is 7.95. The number of aromatic nitrogens is 1. The Balaban J connectivity index is 1.79. The van der Waals surface area contributed by atoms with Gasteiger partial charge in [-0.1, -0.05) is 42.2 Å². The van der Waals surface area contributed by atoms with Crippen LogP contribution in [-0.4, -0.2) is 23.5 Å². The van der Waals surface area contributed by atoms with Crippen molar-refractivity contribution in [3.63, 3.8) is 0 Å². The Morgan fingerprint density at radius 3 is 2.80 bits per heavy atom. The summed E-state index contributed by atoms with van der Waals surface area (Å²) in [5.74, 6) is 5.91. The smallest absolute Gasteiger partial charge is 0.189 e. The van der Waals surface area contributed by atoms with Gasteiger partial charge in [0.2, 0.25) is 0 Å². The summed E-state index contributed by atoms with van der Waals surface area (Å²) in [4.78, 5) is 4.01. The van der Waals surface area contributed by atoms with Crippen molar-refractivity contribution in [2.24, 2.45) is 0 Å².